The number of anilines is 1. The Labute approximate surface area is 202 Å². The van der Waals surface area contributed by atoms with Gasteiger partial charge in [-0.15, -0.1) is 10.2 Å². The van der Waals surface area contributed by atoms with Crippen LogP contribution in [-0.4, -0.2) is 32.3 Å². The molecule has 0 radical (unpaired) electrons. The van der Waals surface area contributed by atoms with Crippen LogP contribution in [0.1, 0.15) is 16.2 Å². The summed E-state index contributed by atoms with van der Waals surface area (Å²) in [7, 11) is 0. The molecule has 7 nitrogen and oxygen atoms in total. The predicted octanol–water partition coefficient (Wildman–Crippen LogP) is 4.35. The molecule has 35 heavy (non-hydrogen) atoms. The molecule has 0 unspecified atom stereocenters. The molecular weight excluding hydrogens is 479 g/mol. The van der Waals surface area contributed by atoms with Gasteiger partial charge in [0.05, 0.1) is 23.5 Å². The molecule has 4 rings (SSSR count). The molecule has 0 spiro atoms. The van der Waals surface area contributed by atoms with Crippen LogP contribution in [-0.2, 0) is 11.3 Å². The SMILES string of the molecule is O=C(CSc1nnc(CNC(=O)c2ccccc2F)n1-c1ccc(F)cc1)Nc1ccccc1F. The topological polar surface area (TPSA) is 88.9 Å². The summed E-state index contributed by atoms with van der Waals surface area (Å²) < 4.78 is 42.7. The average molecular weight is 498 g/mol. The van der Waals surface area contributed by atoms with Crippen LogP contribution in [0.3, 0.4) is 0 Å². The molecule has 0 aliphatic heterocycles. The first kappa shape index (κ1) is 24.0. The number of nitrogens with one attached hydrogen (secondary N) is 2. The number of rotatable bonds is 8. The summed E-state index contributed by atoms with van der Waals surface area (Å²) in [6.07, 6.45) is 0. The summed E-state index contributed by atoms with van der Waals surface area (Å²) in [5.74, 6) is -2.63. The molecule has 3 aromatic carbocycles. The first-order valence-electron chi connectivity index (χ1n) is 10.3. The molecule has 2 amide bonds. The molecule has 4 aromatic rings. The highest BCUT2D eigenvalue weighted by Gasteiger charge is 2.18. The Morgan fingerprint density at radius 3 is 2.26 bits per heavy atom. The minimum atomic E-state index is -0.665. The number of halogens is 3. The molecule has 0 bridgehead atoms. The Hall–Kier alpha value is -4.12. The van der Waals surface area contributed by atoms with E-state index in [4.69, 9.17) is 0 Å². The van der Waals surface area contributed by atoms with Gasteiger partial charge in [-0.25, -0.2) is 13.2 Å². The molecule has 0 atom stereocenters. The normalized spacial score (nSPS) is 10.7. The standard InChI is InChI=1S/C24H18F3N5O2S/c25-15-9-11-16(12-10-15)32-21(13-28-23(34)17-5-1-2-6-18(17)26)30-31-24(32)35-14-22(33)29-20-8-4-3-7-19(20)27/h1-12H,13-14H2,(H,28,34)(H,29,33). The van der Waals surface area contributed by atoms with Crippen LogP contribution in [0, 0.1) is 17.5 Å². The van der Waals surface area contributed by atoms with Gasteiger partial charge in [0, 0.05) is 5.69 Å². The third-order valence-electron chi connectivity index (χ3n) is 4.79. The van der Waals surface area contributed by atoms with Gasteiger partial charge in [-0.1, -0.05) is 36.0 Å². The van der Waals surface area contributed by atoms with Crippen molar-refractivity contribution in [2.45, 2.75) is 11.7 Å². The Bertz CT molecular complexity index is 1360. The van der Waals surface area contributed by atoms with Crippen LogP contribution < -0.4 is 10.6 Å². The fourth-order valence-electron chi connectivity index (χ4n) is 3.14. The summed E-state index contributed by atoms with van der Waals surface area (Å²) in [5, 5.41) is 13.5. The van der Waals surface area contributed by atoms with Crippen molar-refractivity contribution in [3.8, 4) is 5.69 Å². The zero-order chi connectivity index (χ0) is 24.8. The lowest BCUT2D eigenvalue weighted by atomic mass is 10.2. The van der Waals surface area contributed by atoms with Crippen LogP contribution >= 0.6 is 11.8 Å². The van der Waals surface area contributed by atoms with Gasteiger partial charge in [0.25, 0.3) is 5.91 Å². The number of hydrogen-bond acceptors (Lipinski definition) is 5. The smallest absolute Gasteiger partial charge is 0.254 e. The second-order valence-electron chi connectivity index (χ2n) is 7.19. The summed E-state index contributed by atoms with van der Waals surface area (Å²) in [6, 6.07) is 16.8. The van der Waals surface area contributed by atoms with E-state index in [1.54, 1.807) is 16.7 Å². The van der Waals surface area contributed by atoms with E-state index >= 15 is 0 Å². The molecule has 2 N–H and O–H groups in total. The number of amides is 2. The van der Waals surface area contributed by atoms with E-state index in [1.165, 1.54) is 60.7 Å². The Morgan fingerprint density at radius 2 is 1.54 bits per heavy atom. The largest absolute Gasteiger partial charge is 0.345 e. The van der Waals surface area contributed by atoms with Gasteiger partial charge in [-0.05, 0) is 48.5 Å². The predicted molar refractivity (Wildman–Crippen MR) is 125 cm³/mol. The lowest BCUT2D eigenvalue weighted by Gasteiger charge is -2.11. The van der Waals surface area contributed by atoms with Crippen molar-refractivity contribution in [1.29, 1.82) is 0 Å². The fourth-order valence-corrected chi connectivity index (χ4v) is 3.91. The molecule has 0 saturated carbocycles. The van der Waals surface area contributed by atoms with E-state index in [-0.39, 0.29) is 34.5 Å². The maximum absolute atomic E-state index is 13.9. The summed E-state index contributed by atoms with van der Waals surface area (Å²) in [4.78, 5) is 24.8. The van der Waals surface area contributed by atoms with Gasteiger partial charge < -0.3 is 10.6 Å². The highest BCUT2D eigenvalue weighted by molar-refractivity contribution is 7.99. The maximum atomic E-state index is 13.9. The van der Waals surface area contributed by atoms with E-state index in [0.29, 0.717) is 5.69 Å². The zero-order valence-corrected chi connectivity index (χ0v) is 18.9. The molecule has 178 valence electrons. The second kappa shape index (κ2) is 10.9. The molecule has 0 aliphatic carbocycles. The number of carbonyl (C=O) groups is 2. The van der Waals surface area contributed by atoms with Crippen molar-refractivity contribution in [3.63, 3.8) is 0 Å². The number of aromatic nitrogens is 3. The number of nitrogens with zero attached hydrogens (tertiary/aromatic N) is 3. The average Bonchev–Trinajstić information content (AvgIpc) is 3.26. The quantitative estimate of drug-likeness (QED) is 0.354. The van der Waals surface area contributed by atoms with Crippen molar-refractivity contribution in [1.82, 2.24) is 20.1 Å². The number of benzene rings is 3. The van der Waals surface area contributed by atoms with Crippen LogP contribution in [0.4, 0.5) is 18.9 Å². The molecular formula is C24H18F3N5O2S. The summed E-state index contributed by atoms with van der Waals surface area (Å²) in [6.45, 7) is -0.112. The van der Waals surface area contributed by atoms with E-state index in [1.807, 2.05) is 0 Å². The lowest BCUT2D eigenvalue weighted by Crippen LogP contribution is -2.25. The molecule has 0 saturated heterocycles. The molecule has 11 heteroatoms. The van der Waals surface area contributed by atoms with E-state index in [2.05, 4.69) is 20.8 Å². The van der Waals surface area contributed by atoms with Crippen molar-refractivity contribution in [2.24, 2.45) is 0 Å². The van der Waals surface area contributed by atoms with Gasteiger partial charge in [0.2, 0.25) is 5.91 Å². The third-order valence-corrected chi connectivity index (χ3v) is 5.72. The Balaban J connectivity index is 1.52. The molecule has 0 fully saturated rings. The van der Waals surface area contributed by atoms with Gasteiger partial charge in [0.15, 0.2) is 11.0 Å². The first-order valence-corrected chi connectivity index (χ1v) is 11.3. The summed E-state index contributed by atoms with van der Waals surface area (Å²) >= 11 is 1.02. The molecule has 1 heterocycles. The summed E-state index contributed by atoms with van der Waals surface area (Å²) in [5.41, 5.74) is 0.415. The first-order chi connectivity index (χ1) is 16.9. The van der Waals surface area contributed by atoms with E-state index < -0.39 is 29.3 Å². The van der Waals surface area contributed by atoms with Gasteiger partial charge in [-0.2, -0.15) is 0 Å². The molecule has 1 aromatic heterocycles. The highest BCUT2D eigenvalue weighted by Crippen LogP contribution is 2.23. The third kappa shape index (κ3) is 5.87. The van der Waals surface area contributed by atoms with Crippen LogP contribution in [0.2, 0.25) is 0 Å². The Kier molecular flexibility index (Phi) is 7.46. The van der Waals surface area contributed by atoms with Crippen molar-refractivity contribution >= 4 is 29.3 Å². The highest BCUT2D eigenvalue weighted by atomic mass is 32.2. The Morgan fingerprint density at radius 1 is 0.857 bits per heavy atom. The van der Waals surface area contributed by atoms with Gasteiger partial charge >= 0.3 is 0 Å². The number of para-hydroxylation sites is 1. The molecule has 0 aliphatic rings. The zero-order valence-electron chi connectivity index (χ0n) is 18.0. The fraction of sp³-hybridized carbons (Fsp3) is 0.0833. The van der Waals surface area contributed by atoms with Crippen LogP contribution in [0.5, 0.6) is 0 Å². The number of carbonyl (C=O) groups excluding carboxylic acids is 2. The second-order valence-corrected chi connectivity index (χ2v) is 8.13. The van der Waals surface area contributed by atoms with Crippen molar-refractivity contribution in [2.75, 3.05) is 11.1 Å². The number of hydrogen-bond donors (Lipinski definition) is 2. The van der Waals surface area contributed by atoms with Crippen molar-refractivity contribution < 1.29 is 22.8 Å². The van der Waals surface area contributed by atoms with E-state index in [9.17, 15) is 22.8 Å². The minimum absolute atomic E-state index is 0.0506. The van der Waals surface area contributed by atoms with Gasteiger partial charge in [0.1, 0.15) is 17.5 Å². The van der Waals surface area contributed by atoms with E-state index in [0.717, 1.165) is 11.8 Å². The van der Waals surface area contributed by atoms with Crippen LogP contribution in [0.25, 0.3) is 5.69 Å². The monoisotopic (exact) mass is 497 g/mol. The van der Waals surface area contributed by atoms with Crippen LogP contribution in [0.15, 0.2) is 78.0 Å². The lowest BCUT2D eigenvalue weighted by molar-refractivity contribution is -0.113. The minimum Gasteiger partial charge on any atom is -0.345 e. The van der Waals surface area contributed by atoms with Crippen molar-refractivity contribution in [3.05, 3.63) is 102 Å². The van der Waals surface area contributed by atoms with Gasteiger partial charge in [-0.3, -0.25) is 14.2 Å². The number of thioether (sulfide) groups is 1. The maximum Gasteiger partial charge on any atom is 0.254 e.